The Kier molecular flexibility index (Phi) is 3.49. The first kappa shape index (κ1) is 12.1. The number of hydrogen-bond donors (Lipinski definition) is 1. The lowest BCUT2D eigenvalue weighted by atomic mass is 9.95. The molecule has 0 bridgehead atoms. The van der Waals surface area contributed by atoms with Crippen LogP contribution in [0.3, 0.4) is 0 Å². The zero-order valence-corrected chi connectivity index (χ0v) is 10.8. The van der Waals surface area contributed by atoms with Gasteiger partial charge in [0, 0.05) is 0 Å². The molecule has 0 aliphatic rings. The predicted molar refractivity (Wildman–Crippen MR) is 73.3 cm³/mol. The fourth-order valence-corrected chi connectivity index (χ4v) is 2.08. The smallest absolute Gasteiger partial charge is 0.0762 e. The number of rotatable bonds is 3. The molecule has 2 atom stereocenters. The maximum atomic E-state index is 9.56. The quantitative estimate of drug-likeness (QED) is 0.825. The Bertz CT molecular complexity index is 514. The highest BCUT2D eigenvalue weighted by atomic mass is 16.3. The molecule has 0 aliphatic carbocycles. The summed E-state index contributed by atoms with van der Waals surface area (Å²) in [5.41, 5.74) is 2.37. The van der Waals surface area contributed by atoms with Crippen LogP contribution in [0.2, 0.25) is 0 Å². The van der Waals surface area contributed by atoms with Crippen LogP contribution in [0.1, 0.15) is 50.3 Å². The Hall–Kier alpha value is -1.34. The molecule has 1 N–H and O–H groups in total. The summed E-state index contributed by atoms with van der Waals surface area (Å²) >= 11 is 0. The van der Waals surface area contributed by atoms with Gasteiger partial charge in [0.1, 0.15) is 0 Å². The Balaban J connectivity index is 2.46. The normalized spacial score (nSPS) is 14.8. The van der Waals surface area contributed by atoms with E-state index in [0.717, 1.165) is 12.0 Å². The Morgan fingerprint density at radius 1 is 0.941 bits per heavy atom. The lowest BCUT2D eigenvalue weighted by Gasteiger charge is -2.11. The molecule has 0 fully saturated rings. The van der Waals surface area contributed by atoms with Gasteiger partial charge in [-0.1, -0.05) is 44.2 Å². The zero-order chi connectivity index (χ0) is 12.4. The van der Waals surface area contributed by atoms with E-state index in [9.17, 15) is 5.11 Å². The van der Waals surface area contributed by atoms with E-state index in [1.54, 1.807) is 6.92 Å². The molecular formula is C16H20O. The number of fused-ring (bicyclic) bond motifs is 1. The van der Waals surface area contributed by atoms with Gasteiger partial charge < -0.3 is 5.11 Å². The Labute approximate surface area is 103 Å². The molecule has 2 aromatic carbocycles. The molecule has 1 nitrogen and oxygen atoms in total. The van der Waals surface area contributed by atoms with Crippen LogP contribution in [0.15, 0.2) is 36.4 Å². The number of aliphatic hydroxyl groups is 1. The molecule has 0 spiro atoms. The standard InChI is InChI=1S/C16H20O/c1-4-11(2)13-5-7-16-10-14(12(3)17)6-8-15(16)9-13/h5-12,17H,4H2,1-3H3. The van der Waals surface area contributed by atoms with E-state index in [-0.39, 0.29) is 0 Å². The first-order valence-corrected chi connectivity index (χ1v) is 6.33. The summed E-state index contributed by atoms with van der Waals surface area (Å²) < 4.78 is 0. The summed E-state index contributed by atoms with van der Waals surface area (Å²) in [4.78, 5) is 0. The lowest BCUT2D eigenvalue weighted by molar-refractivity contribution is 0.199. The zero-order valence-electron chi connectivity index (χ0n) is 10.8. The van der Waals surface area contributed by atoms with Crippen molar-refractivity contribution in [1.82, 2.24) is 0 Å². The van der Waals surface area contributed by atoms with Crippen molar-refractivity contribution in [3.63, 3.8) is 0 Å². The van der Waals surface area contributed by atoms with Crippen LogP contribution >= 0.6 is 0 Å². The average Bonchev–Trinajstić information content (AvgIpc) is 2.36. The van der Waals surface area contributed by atoms with Gasteiger partial charge in [-0.3, -0.25) is 0 Å². The summed E-state index contributed by atoms with van der Waals surface area (Å²) in [6, 6.07) is 12.8. The predicted octanol–water partition coefficient (Wildman–Crippen LogP) is 4.41. The molecule has 0 heterocycles. The second-order valence-electron chi connectivity index (χ2n) is 4.85. The molecule has 0 radical (unpaired) electrons. The molecule has 0 amide bonds. The van der Waals surface area contributed by atoms with E-state index in [2.05, 4.69) is 44.2 Å². The molecule has 2 unspecified atom stereocenters. The van der Waals surface area contributed by atoms with Crippen LogP contribution in [-0.4, -0.2) is 5.11 Å². The highest BCUT2D eigenvalue weighted by molar-refractivity contribution is 5.84. The summed E-state index contributed by atoms with van der Waals surface area (Å²) in [6.07, 6.45) is 0.769. The molecule has 2 aromatic rings. The van der Waals surface area contributed by atoms with Gasteiger partial charge in [0.25, 0.3) is 0 Å². The van der Waals surface area contributed by atoms with Crippen molar-refractivity contribution in [3.8, 4) is 0 Å². The highest BCUT2D eigenvalue weighted by Crippen LogP contribution is 2.25. The van der Waals surface area contributed by atoms with E-state index in [4.69, 9.17) is 0 Å². The number of aliphatic hydroxyl groups excluding tert-OH is 1. The highest BCUT2D eigenvalue weighted by Gasteiger charge is 2.05. The van der Waals surface area contributed by atoms with E-state index in [0.29, 0.717) is 5.92 Å². The Morgan fingerprint density at radius 2 is 1.47 bits per heavy atom. The minimum absolute atomic E-state index is 0.395. The lowest BCUT2D eigenvalue weighted by Crippen LogP contribution is -1.93. The van der Waals surface area contributed by atoms with E-state index < -0.39 is 6.10 Å². The molecule has 0 aromatic heterocycles. The van der Waals surface area contributed by atoms with Crippen molar-refractivity contribution < 1.29 is 5.11 Å². The second kappa shape index (κ2) is 4.89. The first-order chi connectivity index (χ1) is 8.11. The van der Waals surface area contributed by atoms with Crippen LogP contribution < -0.4 is 0 Å². The third-order valence-corrected chi connectivity index (χ3v) is 3.55. The van der Waals surface area contributed by atoms with Crippen molar-refractivity contribution in [1.29, 1.82) is 0 Å². The van der Waals surface area contributed by atoms with Crippen LogP contribution in [0.4, 0.5) is 0 Å². The molecule has 90 valence electrons. The Morgan fingerprint density at radius 3 is 2.00 bits per heavy atom. The minimum Gasteiger partial charge on any atom is -0.389 e. The van der Waals surface area contributed by atoms with Crippen LogP contribution in [-0.2, 0) is 0 Å². The van der Waals surface area contributed by atoms with Crippen LogP contribution in [0.5, 0.6) is 0 Å². The molecule has 0 aliphatic heterocycles. The molecular weight excluding hydrogens is 208 g/mol. The van der Waals surface area contributed by atoms with Gasteiger partial charge in [0.2, 0.25) is 0 Å². The fourth-order valence-electron chi connectivity index (χ4n) is 2.08. The maximum Gasteiger partial charge on any atom is 0.0762 e. The summed E-state index contributed by atoms with van der Waals surface area (Å²) in [5.74, 6) is 0.607. The van der Waals surface area contributed by atoms with E-state index in [1.807, 2.05) is 6.07 Å². The van der Waals surface area contributed by atoms with E-state index in [1.165, 1.54) is 16.3 Å². The van der Waals surface area contributed by atoms with Gasteiger partial charge in [0.15, 0.2) is 0 Å². The molecule has 17 heavy (non-hydrogen) atoms. The summed E-state index contributed by atoms with van der Waals surface area (Å²) in [7, 11) is 0. The topological polar surface area (TPSA) is 20.2 Å². The summed E-state index contributed by atoms with van der Waals surface area (Å²) in [6.45, 7) is 6.27. The maximum absolute atomic E-state index is 9.56. The number of hydrogen-bond acceptors (Lipinski definition) is 1. The minimum atomic E-state index is -0.395. The second-order valence-corrected chi connectivity index (χ2v) is 4.85. The van der Waals surface area contributed by atoms with Crippen molar-refractivity contribution in [2.45, 2.75) is 39.2 Å². The van der Waals surface area contributed by atoms with Gasteiger partial charge >= 0.3 is 0 Å². The first-order valence-electron chi connectivity index (χ1n) is 6.33. The molecule has 0 saturated heterocycles. The fraction of sp³-hybridized carbons (Fsp3) is 0.375. The van der Waals surface area contributed by atoms with Crippen molar-refractivity contribution in [2.24, 2.45) is 0 Å². The van der Waals surface area contributed by atoms with Gasteiger partial charge in [-0.25, -0.2) is 0 Å². The van der Waals surface area contributed by atoms with E-state index >= 15 is 0 Å². The average molecular weight is 228 g/mol. The van der Waals surface area contributed by atoms with Gasteiger partial charge in [-0.15, -0.1) is 0 Å². The third-order valence-electron chi connectivity index (χ3n) is 3.55. The van der Waals surface area contributed by atoms with Gasteiger partial charge in [-0.2, -0.15) is 0 Å². The summed E-state index contributed by atoms with van der Waals surface area (Å²) in [5, 5.41) is 12.0. The molecule has 0 saturated carbocycles. The van der Waals surface area contributed by atoms with Crippen LogP contribution in [0.25, 0.3) is 10.8 Å². The van der Waals surface area contributed by atoms with Crippen molar-refractivity contribution in [2.75, 3.05) is 0 Å². The van der Waals surface area contributed by atoms with Crippen molar-refractivity contribution >= 4 is 10.8 Å². The largest absolute Gasteiger partial charge is 0.389 e. The third kappa shape index (κ3) is 2.50. The van der Waals surface area contributed by atoms with Gasteiger partial charge in [0.05, 0.1) is 6.10 Å². The molecule has 1 heteroatoms. The SMILES string of the molecule is CCC(C)c1ccc2cc(C(C)O)ccc2c1. The monoisotopic (exact) mass is 228 g/mol. The van der Waals surface area contributed by atoms with Crippen LogP contribution in [0, 0.1) is 0 Å². The number of benzene rings is 2. The molecule has 2 rings (SSSR count). The van der Waals surface area contributed by atoms with Gasteiger partial charge in [-0.05, 0) is 47.2 Å². The van der Waals surface area contributed by atoms with Crippen molar-refractivity contribution in [3.05, 3.63) is 47.5 Å².